The second-order valence-corrected chi connectivity index (χ2v) is 4.57. The van der Waals surface area contributed by atoms with Gasteiger partial charge in [0.1, 0.15) is 0 Å². The topological polar surface area (TPSA) is 65.2 Å². The lowest BCUT2D eigenvalue weighted by Crippen LogP contribution is -2.24. The van der Waals surface area contributed by atoms with Crippen LogP contribution < -0.4 is 5.73 Å². The summed E-state index contributed by atoms with van der Waals surface area (Å²) in [5.41, 5.74) is 8.21. The molecule has 2 N–H and O–H groups in total. The van der Waals surface area contributed by atoms with Gasteiger partial charge in [0, 0.05) is 24.0 Å². The highest BCUT2D eigenvalue weighted by Gasteiger charge is 2.10. The summed E-state index contributed by atoms with van der Waals surface area (Å²) >= 11 is 0. The Kier molecular flexibility index (Phi) is 4.47. The molecule has 1 atom stereocenters. The lowest BCUT2D eigenvalue weighted by Gasteiger charge is -2.12. The molecule has 0 fully saturated rings. The van der Waals surface area contributed by atoms with Crippen LogP contribution in [-0.4, -0.2) is 24.1 Å². The monoisotopic (exact) mass is 258 g/mol. The number of fused-ring (bicyclic) bond motifs is 1. The van der Waals surface area contributed by atoms with E-state index in [1.54, 1.807) is 6.20 Å². The molecular formula is C15H18N2O2. The van der Waals surface area contributed by atoms with Crippen molar-refractivity contribution >= 4 is 16.9 Å². The van der Waals surface area contributed by atoms with Crippen molar-refractivity contribution in [2.75, 3.05) is 7.11 Å². The first kappa shape index (κ1) is 13.5. The van der Waals surface area contributed by atoms with Gasteiger partial charge in [-0.25, -0.2) is 0 Å². The van der Waals surface area contributed by atoms with E-state index in [9.17, 15) is 4.79 Å². The number of ether oxygens (including phenoxy) is 1. The quantitative estimate of drug-likeness (QED) is 0.834. The van der Waals surface area contributed by atoms with Crippen molar-refractivity contribution in [1.29, 1.82) is 0 Å². The summed E-state index contributed by atoms with van der Waals surface area (Å²) in [4.78, 5) is 15.4. The van der Waals surface area contributed by atoms with Gasteiger partial charge in [-0.05, 0) is 30.5 Å². The molecule has 4 heteroatoms. The Balaban J connectivity index is 2.06. The van der Waals surface area contributed by atoms with Crippen LogP contribution >= 0.6 is 0 Å². The van der Waals surface area contributed by atoms with Crippen molar-refractivity contribution in [3.05, 3.63) is 42.1 Å². The average molecular weight is 258 g/mol. The second-order valence-electron chi connectivity index (χ2n) is 4.57. The fourth-order valence-corrected chi connectivity index (χ4v) is 2.12. The number of methoxy groups -OCH3 is 1. The number of aromatic nitrogens is 1. The zero-order valence-electron chi connectivity index (χ0n) is 11.0. The van der Waals surface area contributed by atoms with Crippen LogP contribution in [0, 0.1) is 0 Å². The molecule has 0 amide bonds. The maximum atomic E-state index is 11.1. The molecule has 0 aliphatic rings. The summed E-state index contributed by atoms with van der Waals surface area (Å²) < 4.78 is 4.62. The van der Waals surface area contributed by atoms with Crippen molar-refractivity contribution in [1.82, 2.24) is 4.98 Å². The van der Waals surface area contributed by atoms with Gasteiger partial charge in [-0.2, -0.15) is 0 Å². The minimum atomic E-state index is -0.213. The Morgan fingerprint density at radius 3 is 2.95 bits per heavy atom. The van der Waals surface area contributed by atoms with Crippen LogP contribution in [0.15, 0.2) is 36.5 Å². The van der Waals surface area contributed by atoms with Crippen LogP contribution in [0.2, 0.25) is 0 Å². The van der Waals surface area contributed by atoms with Gasteiger partial charge in [0.25, 0.3) is 0 Å². The van der Waals surface area contributed by atoms with Crippen molar-refractivity contribution in [3.8, 4) is 0 Å². The molecule has 1 unspecified atom stereocenters. The van der Waals surface area contributed by atoms with Gasteiger partial charge in [-0.1, -0.05) is 18.2 Å². The van der Waals surface area contributed by atoms with Crippen LogP contribution in [0.25, 0.3) is 10.9 Å². The van der Waals surface area contributed by atoms with Crippen molar-refractivity contribution < 1.29 is 9.53 Å². The van der Waals surface area contributed by atoms with E-state index in [4.69, 9.17) is 5.73 Å². The normalized spacial score (nSPS) is 12.3. The molecule has 100 valence electrons. The highest BCUT2D eigenvalue weighted by molar-refractivity contribution is 5.81. The van der Waals surface area contributed by atoms with Gasteiger partial charge in [0.05, 0.1) is 12.6 Å². The number of nitrogens with two attached hydrogens (primary N) is 1. The number of carbonyl (C=O) groups is 1. The summed E-state index contributed by atoms with van der Waals surface area (Å²) in [6, 6.07) is 9.93. The van der Waals surface area contributed by atoms with Crippen molar-refractivity contribution in [2.24, 2.45) is 5.73 Å². The first-order valence-electron chi connectivity index (χ1n) is 6.35. The zero-order valence-corrected chi connectivity index (χ0v) is 11.0. The van der Waals surface area contributed by atoms with E-state index in [-0.39, 0.29) is 12.0 Å². The van der Waals surface area contributed by atoms with Crippen LogP contribution in [0.4, 0.5) is 0 Å². The summed E-state index contributed by atoms with van der Waals surface area (Å²) in [5, 5.41) is 1.12. The number of pyridine rings is 1. The molecule has 0 aliphatic heterocycles. The molecule has 0 saturated heterocycles. The molecule has 0 aliphatic carbocycles. The summed E-state index contributed by atoms with van der Waals surface area (Å²) in [5.74, 6) is -0.213. The van der Waals surface area contributed by atoms with E-state index in [1.165, 1.54) is 12.7 Å². The van der Waals surface area contributed by atoms with Crippen molar-refractivity contribution in [3.63, 3.8) is 0 Å². The molecule has 4 nitrogen and oxygen atoms in total. The van der Waals surface area contributed by atoms with Gasteiger partial charge < -0.3 is 10.5 Å². The van der Waals surface area contributed by atoms with Gasteiger partial charge in [-0.15, -0.1) is 0 Å². The molecule has 1 aromatic heterocycles. The third-order valence-electron chi connectivity index (χ3n) is 3.17. The molecule has 19 heavy (non-hydrogen) atoms. The lowest BCUT2D eigenvalue weighted by atomic mass is 9.99. The lowest BCUT2D eigenvalue weighted by molar-refractivity contribution is -0.140. The predicted molar refractivity (Wildman–Crippen MR) is 74.7 cm³/mol. The number of hydrogen-bond donors (Lipinski definition) is 1. The smallest absolute Gasteiger partial charge is 0.305 e. The molecule has 0 radical (unpaired) electrons. The number of nitrogens with zero attached hydrogens (tertiary/aromatic N) is 1. The number of rotatable bonds is 5. The Labute approximate surface area is 112 Å². The van der Waals surface area contributed by atoms with Crippen LogP contribution in [-0.2, 0) is 16.0 Å². The molecule has 0 bridgehead atoms. The van der Waals surface area contributed by atoms with Gasteiger partial charge >= 0.3 is 5.97 Å². The number of para-hydroxylation sites is 1. The third kappa shape index (κ3) is 3.51. The highest BCUT2D eigenvalue weighted by atomic mass is 16.5. The molecular weight excluding hydrogens is 240 g/mol. The third-order valence-corrected chi connectivity index (χ3v) is 3.17. The van der Waals surface area contributed by atoms with E-state index in [2.05, 4.69) is 9.72 Å². The molecule has 1 aromatic carbocycles. The highest BCUT2D eigenvalue weighted by Crippen LogP contribution is 2.18. The fraction of sp³-hybridized carbons (Fsp3) is 0.333. The summed E-state index contributed by atoms with van der Waals surface area (Å²) in [6.07, 6.45) is 3.52. The van der Waals surface area contributed by atoms with Crippen molar-refractivity contribution in [2.45, 2.75) is 25.3 Å². The minimum Gasteiger partial charge on any atom is -0.469 e. The Morgan fingerprint density at radius 2 is 2.16 bits per heavy atom. The standard InChI is InChI=1S/C15H18N2O2/c1-19-15(18)7-6-12(16)10-11-8-9-17-14-5-3-2-4-13(11)14/h2-5,8-9,12H,6-7,10,16H2,1H3. The van der Waals surface area contributed by atoms with Crippen LogP contribution in [0.1, 0.15) is 18.4 Å². The SMILES string of the molecule is COC(=O)CCC(N)Cc1ccnc2ccccc12. The summed E-state index contributed by atoms with van der Waals surface area (Å²) in [6.45, 7) is 0. The van der Waals surface area contributed by atoms with E-state index in [0.29, 0.717) is 12.8 Å². The molecule has 1 heterocycles. The Bertz CT molecular complexity index is 564. The fourth-order valence-electron chi connectivity index (χ4n) is 2.12. The largest absolute Gasteiger partial charge is 0.469 e. The first-order valence-corrected chi connectivity index (χ1v) is 6.35. The van der Waals surface area contributed by atoms with E-state index < -0.39 is 0 Å². The van der Waals surface area contributed by atoms with Gasteiger partial charge in [0.2, 0.25) is 0 Å². The maximum absolute atomic E-state index is 11.1. The van der Waals surface area contributed by atoms with E-state index >= 15 is 0 Å². The van der Waals surface area contributed by atoms with Gasteiger partial charge in [-0.3, -0.25) is 9.78 Å². The maximum Gasteiger partial charge on any atom is 0.305 e. The first-order chi connectivity index (χ1) is 9.20. The average Bonchev–Trinajstić information content (AvgIpc) is 2.45. The Morgan fingerprint density at radius 1 is 1.37 bits per heavy atom. The minimum absolute atomic E-state index is 0.0510. The molecule has 2 aromatic rings. The number of hydrogen-bond acceptors (Lipinski definition) is 4. The van der Waals surface area contributed by atoms with Crippen LogP contribution in [0.3, 0.4) is 0 Å². The Hall–Kier alpha value is -1.94. The van der Waals surface area contributed by atoms with E-state index in [1.807, 2.05) is 30.3 Å². The molecule has 0 saturated carbocycles. The molecule has 0 spiro atoms. The van der Waals surface area contributed by atoms with E-state index in [0.717, 1.165) is 17.3 Å². The molecule has 2 rings (SSSR count). The predicted octanol–water partition coefficient (Wildman–Crippen LogP) is 2.06. The number of benzene rings is 1. The van der Waals surface area contributed by atoms with Crippen LogP contribution in [0.5, 0.6) is 0 Å². The summed E-state index contributed by atoms with van der Waals surface area (Å²) in [7, 11) is 1.39. The number of carbonyl (C=O) groups excluding carboxylic acids is 1. The van der Waals surface area contributed by atoms with Gasteiger partial charge in [0.15, 0.2) is 0 Å². The number of esters is 1. The second kappa shape index (κ2) is 6.29. The zero-order chi connectivity index (χ0) is 13.7.